The van der Waals surface area contributed by atoms with Gasteiger partial charge < -0.3 is 15.1 Å². The summed E-state index contributed by atoms with van der Waals surface area (Å²) in [7, 11) is 1.45. The number of fused-ring (bicyclic) bond motifs is 1. The molecule has 0 bridgehead atoms. The molecule has 4 aromatic rings. The third-order valence-electron chi connectivity index (χ3n) is 5.72. The minimum absolute atomic E-state index is 0.216. The number of nitrogens with zero attached hydrogens (tertiary/aromatic N) is 4. The molecule has 3 aromatic carbocycles. The predicted octanol–water partition coefficient (Wildman–Crippen LogP) is 4.21. The summed E-state index contributed by atoms with van der Waals surface area (Å²) in [4.78, 5) is 33.1. The molecule has 0 saturated carbocycles. The molecule has 1 aliphatic rings. The molecule has 9 heteroatoms. The van der Waals surface area contributed by atoms with Gasteiger partial charge in [0.2, 0.25) is 5.91 Å². The van der Waals surface area contributed by atoms with Crippen LogP contribution in [0.15, 0.2) is 78.0 Å². The second kappa shape index (κ2) is 9.40. The Labute approximate surface area is 200 Å². The summed E-state index contributed by atoms with van der Waals surface area (Å²) >= 11 is 1.26. The number of likely N-dealkylation sites (tertiary alicyclic amines) is 1. The highest BCUT2D eigenvalue weighted by Gasteiger charge is 2.38. The summed E-state index contributed by atoms with van der Waals surface area (Å²) in [6, 6.07) is 22.1. The third kappa shape index (κ3) is 4.25. The van der Waals surface area contributed by atoms with Gasteiger partial charge in [0.15, 0.2) is 0 Å². The van der Waals surface area contributed by atoms with Crippen LogP contribution in [0.5, 0.6) is 0 Å². The van der Waals surface area contributed by atoms with E-state index in [0.29, 0.717) is 28.9 Å². The van der Waals surface area contributed by atoms with Crippen molar-refractivity contribution in [2.75, 3.05) is 19.0 Å². The first kappa shape index (κ1) is 21.7. The molecule has 1 aromatic heterocycles. The van der Waals surface area contributed by atoms with Gasteiger partial charge in [-0.2, -0.15) is 0 Å². The van der Waals surface area contributed by atoms with Crippen LogP contribution in [0.4, 0.5) is 5.69 Å². The molecule has 1 N–H and O–H groups in total. The van der Waals surface area contributed by atoms with Crippen LogP contribution >= 0.6 is 11.5 Å². The maximum Gasteiger partial charge on any atom is 0.254 e. The summed E-state index contributed by atoms with van der Waals surface area (Å²) in [5.41, 5.74) is 4.40. The number of carbonyl (C=O) groups is 2. The summed E-state index contributed by atoms with van der Waals surface area (Å²) in [6.07, 6.45) is 0.290. The van der Waals surface area contributed by atoms with Crippen molar-refractivity contribution in [3.8, 4) is 11.1 Å². The van der Waals surface area contributed by atoms with Gasteiger partial charge in [0.25, 0.3) is 5.91 Å². The Bertz CT molecular complexity index is 1370. The fraction of sp³-hybridized carbons (Fsp3) is 0.160. The molecule has 1 aliphatic heterocycles. The van der Waals surface area contributed by atoms with Gasteiger partial charge >= 0.3 is 0 Å². The molecule has 8 nitrogen and oxygen atoms in total. The zero-order valence-electron chi connectivity index (χ0n) is 18.3. The number of hydrogen-bond acceptors (Lipinski definition) is 7. The molecule has 34 heavy (non-hydrogen) atoms. The molecule has 1 fully saturated rings. The maximum absolute atomic E-state index is 13.4. The minimum atomic E-state index is -0.725. The second-order valence-electron chi connectivity index (χ2n) is 7.85. The van der Waals surface area contributed by atoms with Crippen molar-refractivity contribution < 1.29 is 14.4 Å². The van der Waals surface area contributed by atoms with Gasteiger partial charge in [-0.1, -0.05) is 58.2 Å². The number of aromatic nitrogens is 2. The van der Waals surface area contributed by atoms with E-state index in [-0.39, 0.29) is 18.4 Å². The molecule has 170 valence electrons. The first-order valence-corrected chi connectivity index (χ1v) is 11.5. The first-order chi connectivity index (χ1) is 16.6. The number of nitrogens with one attached hydrogen (secondary N) is 1. The molecule has 2 heterocycles. The highest BCUT2D eigenvalue weighted by molar-refractivity contribution is 7.13. The summed E-state index contributed by atoms with van der Waals surface area (Å²) in [5, 5.41) is 11.0. The van der Waals surface area contributed by atoms with Crippen LogP contribution in [-0.4, -0.2) is 51.7 Å². The van der Waals surface area contributed by atoms with Crippen molar-refractivity contribution in [3.63, 3.8) is 0 Å². The molecule has 0 radical (unpaired) electrons. The highest BCUT2D eigenvalue weighted by Crippen LogP contribution is 2.26. The summed E-state index contributed by atoms with van der Waals surface area (Å²) in [6.45, 7) is 0.216. The van der Waals surface area contributed by atoms with Crippen molar-refractivity contribution >= 4 is 45.0 Å². The van der Waals surface area contributed by atoms with Gasteiger partial charge in [-0.25, -0.2) is 0 Å². The van der Waals surface area contributed by atoms with E-state index in [1.54, 1.807) is 18.2 Å². The van der Waals surface area contributed by atoms with Crippen LogP contribution in [0.3, 0.4) is 0 Å². The van der Waals surface area contributed by atoms with Gasteiger partial charge in [0.1, 0.15) is 18.7 Å². The Balaban J connectivity index is 1.39. The number of oxime groups is 1. The molecule has 0 unspecified atom stereocenters. The van der Waals surface area contributed by atoms with Gasteiger partial charge in [-0.3, -0.25) is 9.59 Å². The Morgan fingerprint density at radius 1 is 1.03 bits per heavy atom. The molecular formula is C25H21N5O3S. The molecule has 0 spiro atoms. The number of amides is 2. The van der Waals surface area contributed by atoms with E-state index in [1.807, 2.05) is 54.6 Å². The van der Waals surface area contributed by atoms with Crippen molar-refractivity contribution in [1.29, 1.82) is 0 Å². The quantitative estimate of drug-likeness (QED) is 0.440. The predicted molar refractivity (Wildman–Crippen MR) is 132 cm³/mol. The number of benzene rings is 3. The largest absolute Gasteiger partial charge is 0.399 e. The Kier molecular flexibility index (Phi) is 6.01. The van der Waals surface area contributed by atoms with E-state index in [1.165, 1.54) is 23.5 Å². The minimum Gasteiger partial charge on any atom is -0.399 e. The maximum atomic E-state index is 13.4. The Morgan fingerprint density at radius 3 is 2.56 bits per heavy atom. The number of carbonyl (C=O) groups excluding carboxylic acids is 2. The molecule has 1 saturated heterocycles. The fourth-order valence-corrected chi connectivity index (χ4v) is 4.66. The third-order valence-corrected chi connectivity index (χ3v) is 6.41. The van der Waals surface area contributed by atoms with Gasteiger partial charge in [0, 0.05) is 12.0 Å². The average molecular weight is 472 g/mol. The molecular weight excluding hydrogens is 450 g/mol. The lowest BCUT2D eigenvalue weighted by Gasteiger charge is -2.23. The van der Waals surface area contributed by atoms with E-state index in [4.69, 9.17) is 4.84 Å². The molecule has 2 amide bonds. The van der Waals surface area contributed by atoms with Crippen LogP contribution < -0.4 is 5.32 Å². The number of hydrogen-bond donors (Lipinski definition) is 1. The molecule has 0 aliphatic carbocycles. The van der Waals surface area contributed by atoms with Crippen molar-refractivity contribution in [2.45, 2.75) is 12.5 Å². The van der Waals surface area contributed by atoms with Crippen LogP contribution in [0.2, 0.25) is 0 Å². The Hall–Kier alpha value is -4.11. The SMILES string of the molecule is CON=C1C[C@@H](C(=O)Nc2cccc3snnc23)N(C(=O)c2ccc(-c3ccccc3)cc2)C1. The van der Waals surface area contributed by atoms with Crippen molar-refractivity contribution in [3.05, 3.63) is 78.4 Å². The topological polar surface area (TPSA) is 96.8 Å². The lowest BCUT2D eigenvalue weighted by molar-refractivity contribution is -0.119. The van der Waals surface area contributed by atoms with E-state index >= 15 is 0 Å². The van der Waals surface area contributed by atoms with Crippen molar-refractivity contribution in [1.82, 2.24) is 14.5 Å². The molecule has 1 atom stereocenters. The number of rotatable bonds is 5. The van der Waals surface area contributed by atoms with E-state index in [0.717, 1.165) is 15.8 Å². The van der Waals surface area contributed by atoms with Crippen LogP contribution in [-0.2, 0) is 9.63 Å². The second-order valence-corrected chi connectivity index (χ2v) is 8.64. The van der Waals surface area contributed by atoms with Gasteiger partial charge in [-0.15, -0.1) is 5.10 Å². The lowest BCUT2D eigenvalue weighted by Crippen LogP contribution is -2.43. The average Bonchev–Trinajstić information content (AvgIpc) is 3.53. The highest BCUT2D eigenvalue weighted by atomic mass is 32.1. The standard InChI is InChI=1S/C25H21N5O3S/c1-33-28-19-14-21(24(31)26-20-8-5-9-22-23(20)27-29-34-22)30(15-19)25(32)18-12-10-17(11-13-18)16-6-3-2-4-7-16/h2-13,21H,14-15H2,1H3,(H,26,31)/t21-/m0/s1. The normalized spacial score (nSPS) is 16.7. The molecule has 5 rings (SSSR count). The zero-order chi connectivity index (χ0) is 23.5. The number of anilines is 1. The van der Waals surface area contributed by atoms with Crippen LogP contribution in [0, 0.1) is 0 Å². The smallest absolute Gasteiger partial charge is 0.254 e. The van der Waals surface area contributed by atoms with E-state index < -0.39 is 6.04 Å². The van der Waals surface area contributed by atoms with Crippen molar-refractivity contribution in [2.24, 2.45) is 5.16 Å². The zero-order valence-corrected chi connectivity index (χ0v) is 19.2. The van der Waals surface area contributed by atoms with Gasteiger partial charge in [-0.05, 0) is 46.9 Å². The van der Waals surface area contributed by atoms with E-state index in [2.05, 4.69) is 20.1 Å². The lowest BCUT2D eigenvalue weighted by atomic mass is 10.0. The monoisotopic (exact) mass is 471 g/mol. The van der Waals surface area contributed by atoms with Crippen LogP contribution in [0.1, 0.15) is 16.8 Å². The first-order valence-electron chi connectivity index (χ1n) is 10.7. The Morgan fingerprint density at radius 2 is 1.79 bits per heavy atom. The van der Waals surface area contributed by atoms with Crippen LogP contribution in [0.25, 0.3) is 21.3 Å². The van der Waals surface area contributed by atoms with E-state index in [9.17, 15) is 9.59 Å². The fourth-order valence-electron chi connectivity index (χ4n) is 4.07. The summed E-state index contributed by atoms with van der Waals surface area (Å²) < 4.78 is 4.83. The summed E-state index contributed by atoms with van der Waals surface area (Å²) in [5.74, 6) is -0.550. The van der Waals surface area contributed by atoms with Gasteiger partial charge in [0.05, 0.1) is 22.6 Å².